The van der Waals surface area contributed by atoms with Crippen molar-refractivity contribution in [1.29, 1.82) is 0 Å². The van der Waals surface area contributed by atoms with Crippen molar-refractivity contribution in [3.8, 4) is 0 Å². The van der Waals surface area contributed by atoms with Gasteiger partial charge >= 0.3 is 0 Å². The first-order chi connectivity index (χ1) is 7.69. The summed E-state index contributed by atoms with van der Waals surface area (Å²) >= 11 is 3.22. The third-order valence-corrected chi connectivity index (χ3v) is 2.67. The molecule has 0 bridgehead atoms. The molecule has 0 atom stereocenters. The summed E-state index contributed by atoms with van der Waals surface area (Å²) in [4.78, 5) is 11.5. The van der Waals surface area contributed by atoms with E-state index in [1.54, 1.807) is 6.07 Å². The molecule has 1 amide bonds. The average Bonchev–Trinajstić information content (AvgIpc) is 2.29. The maximum absolute atomic E-state index is 13.5. The van der Waals surface area contributed by atoms with Gasteiger partial charge in [0.25, 0.3) is 5.91 Å². The smallest absolute Gasteiger partial charge is 0.254 e. The minimum absolute atomic E-state index is 0.0563. The standard InChI is InChI=1S/C11H13BrFNO2/c1-16-5-4-14-11(15)9-3-2-8(7-12)6-10(9)13/h2-3,6H,4-5,7H2,1H3,(H,14,15). The van der Waals surface area contributed by atoms with Crippen LogP contribution >= 0.6 is 15.9 Å². The van der Waals surface area contributed by atoms with Gasteiger partial charge in [0.15, 0.2) is 0 Å². The Hall–Kier alpha value is -0.940. The van der Waals surface area contributed by atoms with E-state index in [-0.39, 0.29) is 5.56 Å². The number of halogens is 2. The second-order valence-electron chi connectivity index (χ2n) is 3.20. The second kappa shape index (κ2) is 6.60. The van der Waals surface area contributed by atoms with Crippen LogP contribution in [0.1, 0.15) is 15.9 Å². The monoisotopic (exact) mass is 289 g/mol. The van der Waals surface area contributed by atoms with Crippen LogP contribution in [-0.2, 0) is 10.1 Å². The summed E-state index contributed by atoms with van der Waals surface area (Å²) in [5.41, 5.74) is 0.853. The number of hydrogen-bond donors (Lipinski definition) is 1. The van der Waals surface area contributed by atoms with Crippen LogP contribution in [0.4, 0.5) is 4.39 Å². The van der Waals surface area contributed by atoms with Crippen LogP contribution in [0.15, 0.2) is 18.2 Å². The highest BCUT2D eigenvalue weighted by atomic mass is 79.9. The second-order valence-corrected chi connectivity index (χ2v) is 3.76. The summed E-state index contributed by atoms with van der Waals surface area (Å²) in [6.07, 6.45) is 0. The molecule has 0 aromatic heterocycles. The van der Waals surface area contributed by atoms with Crippen molar-refractivity contribution in [2.75, 3.05) is 20.3 Å². The molecule has 0 spiro atoms. The maximum Gasteiger partial charge on any atom is 0.254 e. The molecule has 0 saturated carbocycles. The molecule has 0 aliphatic heterocycles. The first kappa shape index (κ1) is 13.1. The zero-order valence-corrected chi connectivity index (χ0v) is 10.5. The zero-order valence-electron chi connectivity index (χ0n) is 8.93. The fourth-order valence-corrected chi connectivity index (χ4v) is 1.54. The van der Waals surface area contributed by atoms with Crippen LogP contribution in [0.5, 0.6) is 0 Å². The third-order valence-electron chi connectivity index (χ3n) is 2.02. The van der Waals surface area contributed by atoms with Gasteiger partial charge < -0.3 is 10.1 Å². The van der Waals surface area contributed by atoms with Crippen LogP contribution in [0.3, 0.4) is 0 Å². The summed E-state index contributed by atoms with van der Waals surface area (Å²) in [7, 11) is 1.54. The van der Waals surface area contributed by atoms with Crippen molar-refractivity contribution in [3.05, 3.63) is 35.1 Å². The fraction of sp³-hybridized carbons (Fsp3) is 0.364. The highest BCUT2D eigenvalue weighted by Crippen LogP contribution is 2.12. The number of rotatable bonds is 5. The summed E-state index contributed by atoms with van der Waals surface area (Å²) in [5.74, 6) is -0.928. The molecule has 1 aromatic rings. The van der Waals surface area contributed by atoms with Crippen molar-refractivity contribution in [2.24, 2.45) is 0 Å². The third kappa shape index (κ3) is 3.57. The summed E-state index contributed by atoms with van der Waals surface area (Å²) in [5, 5.41) is 3.13. The van der Waals surface area contributed by atoms with E-state index in [9.17, 15) is 9.18 Å². The summed E-state index contributed by atoms with van der Waals surface area (Å²) in [6, 6.07) is 4.54. The van der Waals surface area contributed by atoms with E-state index in [1.165, 1.54) is 19.2 Å². The molecule has 0 radical (unpaired) electrons. The Morgan fingerprint density at radius 2 is 2.31 bits per heavy atom. The SMILES string of the molecule is COCCNC(=O)c1ccc(CBr)cc1F. The van der Waals surface area contributed by atoms with Gasteiger partial charge in [0, 0.05) is 19.0 Å². The Morgan fingerprint density at radius 1 is 1.56 bits per heavy atom. The van der Waals surface area contributed by atoms with Gasteiger partial charge in [0.05, 0.1) is 12.2 Å². The Morgan fingerprint density at radius 3 is 2.88 bits per heavy atom. The number of hydrogen-bond acceptors (Lipinski definition) is 2. The molecule has 0 aliphatic carbocycles. The van der Waals surface area contributed by atoms with Crippen molar-refractivity contribution in [1.82, 2.24) is 5.32 Å². The lowest BCUT2D eigenvalue weighted by Crippen LogP contribution is -2.27. The molecule has 0 fully saturated rings. The van der Waals surface area contributed by atoms with Crippen LogP contribution < -0.4 is 5.32 Å². The number of ether oxygens (including phenoxy) is 1. The predicted octanol–water partition coefficient (Wildman–Crippen LogP) is 2.10. The lowest BCUT2D eigenvalue weighted by atomic mass is 10.1. The van der Waals surface area contributed by atoms with E-state index in [2.05, 4.69) is 21.2 Å². The number of alkyl halides is 1. The minimum Gasteiger partial charge on any atom is -0.383 e. The fourth-order valence-electron chi connectivity index (χ4n) is 1.19. The average molecular weight is 290 g/mol. The molecule has 0 heterocycles. The van der Waals surface area contributed by atoms with E-state index in [0.29, 0.717) is 18.5 Å². The molecular weight excluding hydrogens is 277 g/mol. The topological polar surface area (TPSA) is 38.3 Å². The van der Waals surface area contributed by atoms with Gasteiger partial charge in [-0.05, 0) is 17.7 Å². The number of amides is 1. The lowest BCUT2D eigenvalue weighted by Gasteiger charge is -2.06. The van der Waals surface area contributed by atoms with Gasteiger partial charge in [-0.3, -0.25) is 4.79 Å². The maximum atomic E-state index is 13.5. The zero-order chi connectivity index (χ0) is 12.0. The molecule has 1 rings (SSSR count). The Balaban J connectivity index is 2.68. The van der Waals surface area contributed by atoms with E-state index in [0.717, 1.165) is 5.56 Å². The van der Waals surface area contributed by atoms with Crippen molar-refractivity contribution >= 4 is 21.8 Å². The van der Waals surface area contributed by atoms with E-state index < -0.39 is 11.7 Å². The molecule has 5 heteroatoms. The number of benzene rings is 1. The van der Waals surface area contributed by atoms with Gasteiger partial charge in [0.2, 0.25) is 0 Å². The summed E-state index contributed by atoms with van der Waals surface area (Å²) in [6.45, 7) is 0.780. The van der Waals surface area contributed by atoms with Gasteiger partial charge in [-0.1, -0.05) is 22.0 Å². The molecule has 1 N–H and O–H groups in total. The highest BCUT2D eigenvalue weighted by molar-refractivity contribution is 9.08. The van der Waals surface area contributed by atoms with Crippen molar-refractivity contribution < 1.29 is 13.9 Å². The Labute approximate surface area is 102 Å². The molecular formula is C11H13BrFNO2. The normalized spacial score (nSPS) is 10.2. The first-order valence-electron chi connectivity index (χ1n) is 4.80. The Bertz CT molecular complexity index is 371. The van der Waals surface area contributed by atoms with Gasteiger partial charge in [-0.25, -0.2) is 4.39 Å². The van der Waals surface area contributed by atoms with E-state index >= 15 is 0 Å². The molecule has 3 nitrogen and oxygen atoms in total. The van der Waals surface area contributed by atoms with Crippen LogP contribution in [-0.4, -0.2) is 26.2 Å². The van der Waals surface area contributed by atoms with Gasteiger partial charge in [-0.15, -0.1) is 0 Å². The van der Waals surface area contributed by atoms with E-state index in [1.807, 2.05) is 0 Å². The molecule has 88 valence electrons. The number of carbonyl (C=O) groups is 1. The number of methoxy groups -OCH3 is 1. The Kier molecular flexibility index (Phi) is 5.42. The molecule has 0 unspecified atom stereocenters. The van der Waals surface area contributed by atoms with Crippen molar-refractivity contribution in [3.63, 3.8) is 0 Å². The molecule has 0 aliphatic rings. The predicted molar refractivity (Wildman–Crippen MR) is 63.2 cm³/mol. The van der Waals surface area contributed by atoms with Crippen LogP contribution in [0, 0.1) is 5.82 Å². The highest BCUT2D eigenvalue weighted by Gasteiger charge is 2.11. The quantitative estimate of drug-likeness (QED) is 0.666. The van der Waals surface area contributed by atoms with Crippen LogP contribution in [0.25, 0.3) is 0 Å². The molecule has 1 aromatic carbocycles. The summed E-state index contributed by atoms with van der Waals surface area (Å²) < 4.78 is 18.3. The molecule has 16 heavy (non-hydrogen) atoms. The van der Waals surface area contributed by atoms with Gasteiger partial charge in [0.1, 0.15) is 5.82 Å². The first-order valence-corrected chi connectivity index (χ1v) is 5.92. The number of carbonyl (C=O) groups excluding carboxylic acids is 1. The largest absolute Gasteiger partial charge is 0.383 e. The van der Waals surface area contributed by atoms with E-state index in [4.69, 9.17) is 4.74 Å². The molecule has 0 saturated heterocycles. The van der Waals surface area contributed by atoms with Crippen molar-refractivity contribution in [2.45, 2.75) is 5.33 Å². The van der Waals surface area contributed by atoms with Gasteiger partial charge in [-0.2, -0.15) is 0 Å². The lowest BCUT2D eigenvalue weighted by molar-refractivity contribution is 0.0933. The number of nitrogens with one attached hydrogen (secondary N) is 1. The van der Waals surface area contributed by atoms with Crippen LogP contribution in [0.2, 0.25) is 0 Å². The minimum atomic E-state index is -0.508.